The van der Waals surface area contributed by atoms with E-state index in [-0.39, 0.29) is 11.5 Å². The first-order valence-corrected chi connectivity index (χ1v) is 8.55. The largest absolute Gasteiger partial charge is 0.423 e. The number of fused-ring (bicyclic) bond motifs is 1. The number of rotatable bonds is 6. The van der Waals surface area contributed by atoms with E-state index >= 15 is 0 Å². The Labute approximate surface area is 146 Å². The van der Waals surface area contributed by atoms with Gasteiger partial charge in [0.15, 0.2) is 6.54 Å². The van der Waals surface area contributed by atoms with Gasteiger partial charge in [-0.2, -0.15) is 0 Å². The quantitative estimate of drug-likeness (QED) is 0.805. The van der Waals surface area contributed by atoms with Gasteiger partial charge in [0.05, 0.1) is 7.05 Å². The number of benzene rings is 1. The van der Waals surface area contributed by atoms with Gasteiger partial charge in [0, 0.05) is 35.1 Å². The lowest BCUT2D eigenvalue weighted by atomic mass is 10.1. The molecule has 0 saturated heterocycles. The number of nitrogens with zero attached hydrogens (tertiary/aromatic N) is 1. The summed E-state index contributed by atoms with van der Waals surface area (Å²) >= 11 is 6.21. The van der Waals surface area contributed by atoms with Gasteiger partial charge in [0.25, 0.3) is 5.91 Å². The maximum Gasteiger partial charge on any atom is 0.336 e. The van der Waals surface area contributed by atoms with E-state index in [1.165, 1.54) is 6.07 Å². The van der Waals surface area contributed by atoms with Crippen LogP contribution in [0.15, 0.2) is 27.4 Å². The molecule has 0 aliphatic heterocycles. The maximum absolute atomic E-state index is 12.2. The third-order valence-electron chi connectivity index (χ3n) is 4.17. The molecule has 0 aliphatic carbocycles. The molecule has 1 aromatic heterocycles. The van der Waals surface area contributed by atoms with E-state index in [0.29, 0.717) is 36.8 Å². The highest BCUT2D eigenvalue weighted by Crippen LogP contribution is 2.24. The minimum Gasteiger partial charge on any atom is -0.423 e. The number of hydrogen-bond donors (Lipinski definition) is 1. The molecule has 1 heterocycles. The summed E-state index contributed by atoms with van der Waals surface area (Å²) in [6, 6.07) is 5.09. The SMILES string of the molecule is CCN(CC)C(=O)C[NH+](C)Cc1cc(=O)oc2cc(C)c(Cl)cc12. The molecule has 1 atom stereocenters. The Balaban J connectivity index is 2.27. The van der Waals surface area contributed by atoms with Crippen LogP contribution in [0, 0.1) is 6.92 Å². The summed E-state index contributed by atoms with van der Waals surface area (Å²) in [5.41, 5.74) is 1.85. The molecule has 0 bridgehead atoms. The highest BCUT2D eigenvalue weighted by Gasteiger charge is 2.17. The molecule has 1 aromatic carbocycles. The zero-order valence-electron chi connectivity index (χ0n) is 14.6. The number of nitrogens with one attached hydrogen (secondary N) is 1. The number of aryl methyl sites for hydroxylation is 1. The van der Waals surface area contributed by atoms with Gasteiger partial charge >= 0.3 is 5.63 Å². The smallest absolute Gasteiger partial charge is 0.336 e. The van der Waals surface area contributed by atoms with E-state index in [1.807, 2.05) is 33.9 Å². The van der Waals surface area contributed by atoms with Crippen LogP contribution >= 0.6 is 11.6 Å². The van der Waals surface area contributed by atoms with Crippen molar-refractivity contribution in [2.45, 2.75) is 27.3 Å². The summed E-state index contributed by atoms with van der Waals surface area (Å²) in [6.45, 7) is 8.14. The van der Waals surface area contributed by atoms with Crippen LogP contribution in [0.25, 0.3) is 11.0 Å². The van der Waals surface area contributed by atoms with Crippen molar-refractivity contribution in [2.75, 3.05) is 26.7 Å². The van der Waals surface area contributed by atoms with Gasteiger partial charge < -0.3 is 14.2 Å². The number of likely N-dealkylation sites (N-methyl/N-ethyl adjacent to an activating group) is 2. The summed E-state index contributed by atoms with van der Waals surface area (Å²) in [5.74, 6) is 0.110. The fraction of sp³-hybridized carbons (Fsp3) is 0.444. The normalized spacial score (nSPS) is 12.4. The van der Waals surface area contributed by atoms with Crippen LogP contribution in [0.4, 0.5) is 0 Å². The Morgan fingerprint density at radius 3 is 2.54 bits per heavy atom. The Kier molecular flexibility index (Phi) is 6.02. The summed E-state index contributed by atoms with van der Waals surface area (Å²) in [6.07, 6.45) is 0. The second-order valence-corrected chi connectivity index (χ2v) is 6.47. The van der Waals surface area contributed by atoms with E-state index in [9.17, 15) is 9.59 Å². The van der Waals surface area contributed by atoms with Gasteiger partial charge in [-0.3, -0.25) is 4.79 Å². The zero-order valence-corrected chi connectivity index (χ0v) is 15.4. The van der Waals surface area contributed by atoms with Crippen molar-refractivity contribution in [3.05, 3.63) is 44.8 Å². The first kappa shape index (κ1) is 18.5. The van der Waals surface area contributed by atoms with Gasteiger partial charge in [-0.25, -0.2) is 4.79 Å². The van der Waals surface area contributed by atoms with Crippen molar-refractivity contribution in [3.63, 3.8) is 0 Å². The van der Waals surface area contributed by atoms with E-state index < -0.39 is 0 Å². The van der Waals surface area contributed by atoms with Crippen LogP contribution < -0.4 is 10.5 Å². The topological polar surface area (TPSA) is 55.0 Å². The van der Waals surface area contributed by atoms with Crippen molar-refractivity contribution >= 4 is 28.5 Å². The molecule has 2 rings (SSSR count). The van der Waals surface area contributed by atoms with Crippen LogP contribution in [0.3, 0.4) is 0 Å². The van der Waals surface area contributed by atoms with Crippen LogP contribution in [-0.2, 0) is 11.3 Å². The fourth-order valence-corrected chi connectivity index (χ4v) is 2.99. The second kappa shape index (κ2) is 7.81. The van der Waals surface area contributed by atoms with E-state index in [2.05, 4.69) is 0 Å². The number of hydrogen-bond acceptors (Lipinski definition) is 3. The molecule has 0 saturated carbocycles. The molecule has 1 unspecified atom stereocenters. The number of carbonyl (C=O) groups excluding carboxylic acids is 1. The van der Waals surface area contributed by atoms with Crippen molar-refractivity contribution in [3.8, 4) is 0 Å². The first-order valence-electron chi connectivity index (χ1n) is 8.17. The lowest BCUT2D eigenvalue weighted by Crippen LogP contribution is -3.08. The van der Waals surface area contributed by atoms with Gasteiger partial charge in [-0.15, -0.1) is 0 Å². The van der Waals surface area contributed by atoms with Crippen LogP contribution in [0.1, 0.15) is 25.0 Å². The van der Waals surface area contributed by atoms with Crippen molar-refractivity contribution < 1.29 is 14.1 Å². The number of carbonyl (C=O) groups is 1. The third kappa shape index (κ3) is 4.16. The average molecular weight is 352 g/mol. The molecule has 1 N–H and O–H groups in total. The molecule has 1 amide bonds. The highest BCUT2D eigenvalue weighted by molar-refractivity contribution is 6.32. The minimum absolute atomic E-state index is 0.110. The van der Waals surface area contributed by atoms with E-state index in [0.717, 1.165) is 21.4 Å². The molecule has 0 aliphatic rings. The van der Waals surface area contributed by atoms with E-state index in [1.54, 1.807) is 11.0 Å². The van der Waals surface area contributed by atoms with Crippen LogP contribution in [-0.4, -0.2) is 37.5 Å². The lowest BCUT2D eigenvalue weighted by Gasteiger charge is -2.21. The number of halogens is 1. The number of amides is 1. The predicted molar refractivity (Wildman–Crippen MR) is 95.6 cm³/mol. The molecule has 0 fully saturated rings. The van der Waals surface area contributed by atoms with Crippen molar-refractivity contribution in [2.24, 2.45) is 0 Å². The third-order valence-corrected chi connectivity index (χ3v) is 4.58. The van der Waals surface area contributed by atoms with Crippen LogP contribution in [0.2, 0.25) is 5.02 Å². The first-order chi connectivity index (χ1) is 11.3. The van der Waals surface area contributed by atoms with Gasteiger partial charge in [0.1, 0.15) is 12.1 Å². The zero-order chi connectivity index (χ0) is 17.9. The molecule has 130 valence electrons. The summed E-state index contributed by atoms with van der Waals surface area (Å²) in [5, 5.41) is 1.45. The lowest BCUT2D eigenvalue weighted by molar-refractivity contribution is -0.885. The summed E-state index contributed by atoms with van der Waals surface area (Å²) in [7, 11) is 1.94. The predicted octanol–water partition coefficient (Wildman–Crippen LogP) is 1.64. The van der Waals surface area contributed by atoms with Gasteiger partial charge in [-0.05, 0) is 38.5 Å². The highest BCUT2D eigenvalue weighted by atomic mass is 35.5. The Bertz CT molecular complexity index is 797. The summed E-state index contributed by atoms with van der Waals surface area (Å²) in [4.78, 5) is 26.9. The van der Waals surface area contributed by atoms with Gasteiger partial charge in [-0.1, -0.05) is 11.6 Å². The molecule has 24 heavy (non-hydrogen) atoms. The fourth-order valence-electron chi connectivity index (χ4n) is 2.83. The number of quaternary nitrogens is 1. The molecule has 0 spiro atoms. The average Bonchev–Trinajstić information content (AvgIpc) is 2.50. The van der Waals surface area contributed by atoms with E-state index in [4.69, 9.17) is 16.0 Å². The molecule has 2 aromatic rings. The molecule has 6 heteroatoms. The monoisotopic (exact) mass is 351 g/mol. The van der Waals surface area contributed by atoms with Crippen LogP contribution in [0.5, 0.6) is 0 Å². The Morgan fingerprint density at radius 1 is 1.25 bits per heavy atom. The maximum atomic E-state index is 12.2. The molecular weight excluding hydrogens is 328 g/mol. The van der Waals surface area contributed by atoms with Crippen molar-refractivity contribution in [1.82, 2.24) is 4.90 Å². The van der Waals surface area contributed by atoms with Gasteiger partial charge in [0.2, 0.25) is 0 Å². The Morgan fingerprint density at radius 2 is 1.92 bits per heavy atom. The standard InChI is InChI=1S/C18H23ClN2O3/c1-5-21(6-2)17(22)11-20(4)10-13-8-18(23)24-16-7-12(3)15(19)9-14(13)16/h7-9H,5-6,10-11H2,1-4H3/p+1. The molecule has 5 nitrogen and oxygen atoms in total. The molecule has 0 radical (unpaired) electrons. The molecular formula is C18H24ClN2O3+. The second-order valence-electron chi connectivity index (χ2n) is 6.06. The summed E-state index contributed by atoms with van der Waals surface area (Å²) < 4.78 is 5.28. The van der Waals surface area contributed by atoms with Crippen molar-refractivity contribution in [1.29, 1.82) is 0 Å². The minimum atomic E-state index is -0.387. The Hall–Kier alpha value is -1.85.